The molecule has 0 aliphatic rings. The van der Waals surface area contributed by atoms with E-state index < -0.39 is 0 Å². The van der Waals surface area contributed by atoms with Gasteiger partial charge >= 0.3 is 0 Å². The highest BCUT2D eigenvalue weighted by Crippen LogP contribution is 2.17. The lowest BCUT2D eigenvalue weighted by molar-refractivity contribution is -0.120. The maximum atomic E-state index is 12.1. The quantitative estimate of drug-likeness (QED) is 0.726. The lowest BCUT2D eigenvalue weighted by Gasteiger charge is -2.06. The monoisotopic (exact) mass is 355 g/mol. The van der Waals surface area contributed by atoms with Crippen LogP contribution in [0.15, 0.2) is 35.4 Å². The SMILES string of the molecule is Cc1nc(C)c(CC(=O)NCc2cc(=O)[nH]c(-c3ccncc3)n2)s1. The summed E-state index contributed by atoms with van der Waals surface area (Å²) in [4.78, 5) is 40.3. The third-order valence-corrected chi connectivity index (χ3v) is 4.61. The Labute approximate surface area is 148 Å². The van der Waals surface area contributed by atoms with Crippen LogP contribution in [0.25, 0.3) is 11.4 Å². The fourth-order valence-electron chi connectivity index (χ4n) is 2.38. The smallest absolute Gasteiger partial charge is 0.251 e. The molecule has 0 aliphatic carbocycles. The Morgan fingerprint density at radius 1 is 1.24 bits per heavy atom. The average molecular weight is 355 g/mol. The van der Waals surface area contributed by atoms with Gasteiger partial charge in [0.1, 0.15) is 5.82 Å². The summed E-state index contributed by atoms with van der Waals surface area (Å²) in [5, 5.41) is 3.75. The second kappa shape index (κ2) is 7.35. The van der Waals surface area contributed by atoms with Gasteiger partial charge < -0.3 is 10.3 Å². The van der Waals surface area contributed by atoms with Crippen LogP contribution in [-0.2, 0) is 17.8 Å². The highest BCUT2D eigenvalue weighted by molar-refractivity contribution is 7.11. The molecule has 1 amide bonds. The highest BCUT2D eigenvalue weighted by Gasteiger charge is 2.11. The highest BCUT2D eigenvalue weighted by atomic mass is 32.1. The maximum absolute atomic E-state index is 12.1. The average Bonchev–Trinajstić information content (AvgIpc) is 2.90. The predicted molar refractivity (Wildman–Crippen MR) is 95.2 cm³/mol. The van der Waals surface area contributed by atoms with Gasteiger partial charge in [-0.3, -0.25) is 14.6 Å². The summed E-state index contributed by atoms with van der Waals surface area (Å²) in [6, 6.07) is 4.90. The number of nitrogens with one attached hydrogen (secondary N) is 2. The van der Waals surface area contributed by atoms with Crippen molar-refractivity contribution in [3.8, 4) is 11.4 Å². The number of H-pyrrole nitrogens is 1. The van der Waals surface area contributed by atoms with Crippen LogP contribution in [0.2, 0.25) is 0 Å². The fraction of sp³-hybridized carbons (Fsp3) is 0.235. The van der Waals surface area contributed by atoms with Crippen LogP contribution in [0.5, 0.6) is 0 Å². The molecule has 8 heteroatoms. The fourth-order valence-corrected chi connectivity index (χ4v) is 3.32. The molecule has 0 fully saturated rings. The molecule has 3 aromatic rings. The molecule has 25 heavy (non-hydrogen) atoms. The van der Waals surface area contributed by atoms with E-state index in [0.29, 0.717) is 11.5 Å². The summed E-state index contributed by atoms with van der Waals surface area (Å²) in [5.74, 6) is 0.326. The molecule has 0 spiro atoms. The van der Waals surface area contributed by atoms with E-state index in [2.05, 4.69) is 25.3 Å². The molecule has 3 aromatic heterocycles. The number of pyridine rings is 1. The molecule has 2 N–H and O–H groups in total. The summed E-state index contributed by atoms with van der Waals surface area (Å²) < 4.78 is 0. The first-order chi connectivity index (χ1) is 12.0. The van der Waals surface area contributed by atoms with Crippen molar-refractivity contribution in [3.05, 3.63) is 62.2 Å². The number of aromatic nitrogens is 4. The number of thiazole rings is 1. The number of nitrogens with zero attached hydrogens (tertiary/aromatic N) is 3. The second-order valence-corrected chi connectivity index (χ2v) is 6.80. The van der Waals surface area contributed by atoms with Gasteiger partial charge in [-0.15, -0.1) is 11.3 Å². The Morgan fingerprint density at radius 2 is 2.00 bits per heavy atom. The van der Waals surface area contributed by atoms with Crippen molar-refractivity contribution < 1.29 is 4.79 Å². The molecule has 0 bridgehead atoms. The summed E-state index contributed by atoms with van der Waals surface area (Å²) in [7, 11) is 0. The zero-order valence-corrected chi connectivity index (χ0v) is 14.7. The molecule has 7 nitrogen and oxygen atoms in total. The summed E-state index contributed by atoms with van der Waals surface area (Å²) in [5.41, 5.74) is 1.88. The van der Waals surface area contributed by atoms with Gasteiger partial charge in [-0.2, -0.15) is 0 Å². The van der Waals surface area contributed by atoms with Crippen LogP contribution in [0.3, 0.4) is 0 Å². The number of aromatic amines is 1. The summed E-state index contributed by atoms with van der Waals surface area (Å²) in [6.45, 7) is 4.00. The standard InChI is InChI=1S/C17H17N5O2S/c1-10-14(25-11(2)20-10)8-15(23)19-9-13-7-16(24)22-17(21-13)12-3-5-18-6-4-12/h3-7H,8-9H2,1-2H3,(H,19,23)(H,21,22,24). The number of rotatable bonds is 5. The molecule has 0 saturated heterocycles. The van der Waals surface area contributed by atoms with Crippen LogP contribution in [0.4, 0.5) is 0 Å². The van der Waals surface area contributed by atoms with Crippen molar-refractivity contribution in [1.29, 1.82) is 0 Å². The van der Waals surface area contributed by atoms with Crippen LogP contribution >= 0.6 is 11.3 Å². The van der Waals surface area contributed by atoms with Gasteiger partial charge in [-0.1, -0.05) is 0 Å². The number of hydrogen-bond acceptors (Lipinski definition) is 6. The molecular weight excluding hydrogens is 338 g/mol. The third kappa shape index (κ3) is 4.36. The minimum absolute atomic E-state index is 0.126. The van der Waals surface area contributed by atoms with Gasteiger partial charge in [0.25, 0.3) is 5.56 Å². The molecule has 0 radical (unpaired) electrons. The van der Waals surface area contributed by atoms with Gasteiger partial charge in [0.2, 0.25) is 5.91 Å². The number of carbonyl (C=O) groups excluding carboxylic acids is 1. The van der Waals surface area contributed by atoms with Gasteiger partial charge in [0.05, 0.1) is 29.4 Å². The van der Waals surface area contributed by atoms with Crippen LogP contribution in [-0.4, -0.2) is 25.8 Å². The minimum atomic E-state index is -0.264. The van der Waals surface area contributed by atoms with Crippen molar-refractivity contribution in [3.63, 3.8) is 0 Å². The van der Waals surface area contributed by atoms with Gasteiger partial charge in [-0.25, -0.2) is 9.97 Å². The Kier molecular flexibility index (Phi) is 4.99. The van der Waals surface area contributed by atoms with Crippen molar-refractivity contribution >= 4 is 17.2 Å². The van der Waals surface area contributed by atoms with Crippen molar-refractivity contribution in [2.45, 2.75) is 26.8 Å². The number of amides is 1. The Hall–Kier alpha value is -2.87. The third-order valence-electron chi connectivity index (χ3n) is 3.54. The molecule has 128 valence electrons. The Bertz CT molecular complexity index is 949. The predicted octanol–water partition coefficient (Wildman–Crippen LogP) is 1.76. The molecule has 0 atom stereocenters. The van der Waals surface area contributed by atoms with Gasteiger partial charge in [-0.05, 0) is 26.0 Å². The normalized spacial score (nSPS) is 10.6. The molecule has 0 unspecified atom stereocenters. The number of carbonyl (C=O) groups is 1. The topological polar surface area (TPSA) is 101 Å². The van der Waals surface area contributed by atoms with E-state index in [1.54, 1.807) is 24.5 Å². The molecule has 3 rings (SSSR count). The van der Waals surface area contributed by atoms with Gasteiger partial charge in [0, 0.05) is 28.9 Å². The van der Waals surface area contributed by atoms with Crippen LogP contribution in [0, 0.1) is 13.8 Å². The number of hydrogen-bond donors (Lipinski definition) is 2. The first kappa shape index (κ1) is 17.0. The van der Waals surface area contributed by atoms with E-state index in [1.807, 2.05) is 13.8 Å². The van der Waals surface area contributed by atoms with E-state index in [1.165, 1.54) is 17.4 Å². The maximum Gasteiger partial charge on any atom is 0.251 e. The largest absolute Gasteiger partial charge is 0.350 e. The molecular formula is C17H17N5O2S. The first-order valence-corrected chi connectivity index (χ1v) is 8.53. The van der Waals surface area contributed by atoms with Gasteiger partial charge in [0.15, 0.2) is 0 Å². The number of aryl methyl sites for hydroxylation is 2. The first-order valence-electron chi connectivity index (χ1n) is 7.71. The summed E-state index contributed by atoms with van der Waals surface area (Å²) in [6.07, 6.45) is 3.53. The Morgan fingerprint density at radius 3 is 2.68 bits per heavy atom. The zero-order chi connectivity index (χ0) is 17.8. The molecule has 0 aliphatic heterocycles. The van der Waals surface area contributed by atoms with Crippen molar-refractivity contribution in [1.82, 2.24) is 25.3 Å². The minimum Gasteiger partial charge on any atom is -0.350 e. The zero-order valence-electron chi connectivity index (χ0n) is 13.9. The van der Waals surface area contributed by atoms with Crippen molar-refractivity contribution in [2.24, 2.45) is 0 Å². The van der Waals surface area contributed by atoms with Crippen LogP contribution in [0.1, 0.15) is 21.3 Å². The molecule has 3 heterocycles. The van der Waals surface area contributed by atoms with E-state index in [4.69, 9.17) is 0 Å². The lowest BCUT2D eigenvalue weighted by Crippen LogP contribution is -2.26. The Balaban J connectivity index is 1.69. The van der Waals surface area contributed by atoms with Crippen molar-refractivity contribution in [2.75, 3.05) is 0 Å². The summed E-state index contributed by atoms with van der Waals surface area (Å²) >= 11 is 1.52. The van der Waals surface area contributed by atoms with E-state index in [0.717, 1.165) is 21.1 Å². The molecule has 0 aromatic carbocycles. The van der Waals surface area contributed by atoms with E-state index in [9.17, 15) is 9.59 Å². The van der Waals surface area contributed by atoms with E-state index in [-0.39, 0.29) is 24.4 Å². The lowest BCUT2D eigenvalue weighted by atomic mass is 10.2. The van der Waals surface area contributed by atoms with Crippen LogP contribution < -0.4 is 10.9 Å². The second-order valence-electron chi connectivity index (χ2n) is 5.52. The molecule has 0 saturated carbocycles. The van der Waals surface area contributed by atoms with E-state index >= 15 is 0 Å².